The van der Waals surface area contributed by atoms with Gasteiger partial charge in [-0.25, -0.2) is 0 Å². The van der Waals surface area contributed by atoms with Crippen LogP contribution in [-0.2, 0) is 18.8 Å². The van der Waals surface area contributed by atoms with Crippen molar-refractivity contribution in [3.05, 3.63) is 0 Å². The fourth-order valence-corrected chi connectivity index (χ4v) is 4.15. The Morgan fingerprint density at radius 2 is 1.92 bits per heavy atom. The Kier molecular flexibility index (Phi) is 4.74. The molecule has 4 N–H and O–H groups in total. The molecule has 8 heteroatoms. The minimum atomic E-state index is -1.32. The third-order valence-electron chi connectivity index (χ3n) is 6.39. The minimum Gasteiger partial charge on any atom is -0.480 e. The SMILES string of the molecule is CC1(C)OB(CCCC2OC3(CCNC3)CC2(N)C(=O)O)OC1(C)C. The number of aliphatic carboxylic acids is 1. The van der Waals surface area contributed by atoms with Crippen molar-refractivity contribution in [1.82, 2.24) is 5.32 Å². The molecule has 3 aliphatic rings. The second-order valence-corrected chi connectivity index (χ2v) is 8.86. The summed E-state index contributed by atoms with van der Waals surface area (Å²) in [4.78, 5) is 11.8. The van der Waals surface area contributed by atoms with E-state index in [9.17, 15) is 9.90 Å². The van der Waals surface area contributed by atoms with Crippen LogP contribution >= 0.6 is 0 Å². The lowest BCUT2D eigenvalue weighted by Crippen LogP contribution is -2.54. The van der Waals surface area contributed by atoms with E-state index in [1.807, 2.05) is 27.7 Å². The molecule has 0 aromatic carbocycles. The highest BCUT2D eigenvalue weighted by Crippen LogP contribution is 2.43. The van der Waals surface area contributed by atoms with Crippen LogP contribution in [0.5, 0.6) is 0 Å². The quantitative estimate of drug-likeness (QED) is 0.637. The van der Waals surface area contributed by atoms with Crippen LogP contribution in [0.3, 0.4) is 0 Å². The largest absolute Gasteiger partial charge is 0.480 e. The van der Waals surface area contributed by atoms with Crippen molar-refractivity contribution in [2.75, 3.05) is 13.1 Å². The van der Waals surface area contributed by atoms with Crippen LogP contribution in [0.2, 0.25) is 6.32 Å². The predicted octanol–water partition coefficient (Wildman–Crippen LogP) is 1.16. The highest BCUT2D eigenvalue weighted by atomic mass is 16.7. The van der Waals surface area contributed by atoms with Crippen molar-refractivity contribution >= 4 is 13.1 Å². The maximum absolute atomic E-state index is 11.8. The third-order valence-corrected chi connectivity index (χ3v) is 6.39. The van der Waals surface area contributed by atoms with E-state index in [1.165, 1.54) is 0 Å². The van der Waals surface area contributed by atoms with Crippen LogP contribution in [-0.4, -0.2) is 59.7 Å². The summed E-state index contributed by atoms with van der Waals surface area (Å²) in [6.45, 7) is 9.63. The smallest absolute Gasteiger partial charge is 0.457 e. The van der Waals surface area contributed by atoms with Gasteiger partial charge in [-0.05, 0) is 53.4 Å². The van der Waals surface area contributed by atoms with Gasteiger partial charge in [0, 0.05) is 13.0 Å². The summed E-state index contributed by atoms with van der Waals surface area (Å²) in [6, 6.07) is 0. The fraction of sp³-hybridized carbons (Fsp3) is 0.941. The first-order chi connectivity index (χ1) is 11.5. The van der Waals surface area contributed by atoms with E-state index in [0.29, 0.717) is 25.7 Å². The maximum atomic E-state index is 11.8. The van der Waals surface area contributed by atoms with Crippen LogP contribution in [0.4, 0.5) is 0 Å². The number of nitrogens with two attached hydrogens (primary N) is 1. The van der Waals surface area contributed by atoms with Gasteiger partial charge in [0.1, 0.15) is 5.54 Å². The van der Waals surface area contributed by atoms with Gasteiger partial charge in [-0.15, -0.1) is 0 Å². The van der Waals surface area contributed by atoms with Crippen molar-refractivity contribution < 1.29 is 23.9 Å². The van der Waals surface area contributed by atoms with Crippen molar-refractivity contribution in [1.29, 1.82) is 0 Å². The van der Waals surface area contributed by atoms with Gasteiger partial charge < -0.3 is 30.2 Å². The molecular formula is C17H31BN2O5. The fourth-order valence-electron chi connectivity index (χ4n) is 4.15. The average molecular weight is 354 g/mol. The lowest BCUT2D eigenvalue weighted by Gasteiger charge is -2.32. The number of carboxylic acids is 1. The van der Waals surface area contributed by atoms with E-state index in [1.54, 1.807) is 0 Å². The number of ether oxygens (including phenoxy) is 1. The molecule has 142 valence electrons. The molecule has 0 aliphatic carbocycles. The van der Waals surface area contributed by atoms with E-state index in [-0.39, 0.29) is 18.3 Å². The molecular weight excluding hydrogens is 323 g/mol. The van der Waals surface area contributed by atoms with E-state index in [2.05, 4.69) is 5.32 Å². The summed E-state index contributed by atoms with van der Waals surface area (Å²) in [5, 5.41) is 12.9. The first-order valence-electron chi connectivity index (χ1n) is 9.26. The van der Waals surface area contributed by atoms with Crippen LogP contribution in [0, 0.1) is 0 Å². The molecule has 3 saturated heterocycles. The molecule has 3 rings (SSSR count). The lowest BCUT2D eigenvalue weighted by molar-refractivity contribution is -0.145. The summed E-state index contributed by atoms with van der Waals surface area (Å²) in [7, 11) is -0.273. The Morgan fingerprint density at radius 1 is 1.28 bits per heavy atom. The molecule has 0 bridgehead atoms. The second-order valence-electron chi connectivity index (χ2n) is 8.86. The summed E-state index contributed by atoms with van der Waals surface area (Å²) in [5.74, 6) is -0.975. The molecule has 3 fully saturated rings. The van der Waals surface area contributed by atoms with Gasteiger partial charge in [0.25, 0.3) is 0 Å². The molecule has 0 amide bonds. The molecule has 1 spiro atoms. The molecule has 25 heavy (non-hydrogen) atoms. The molecule has 0 aromatic rings. The lowest BCUT2D eigenvalue weighted by atomic mass is 9.79. The molecule has 0 aromatic heterocycles. The second kappa shape index (κ2) is 6.20. The molecule has 7 nitrogen and oxygen atoms in total. The first-order valence-corrected chi connectivity index (χ1v) is 9.26. The minimum absolute atomic E-state index is 0.273. The van der Waals surface area contributed by atoms with Crippen LogP contribution in [0.1, 0.15) is 53.4 Å². The molecule has 0 saturated carbocycles. The highest BCUT2D eigenvalue weighted by Gasteiger charge is 2.58. The van der Waals surface area contributed by atoms with Crippen LogP contribution in [0.15, 0.2) is 0 Å². The summed E-state index contributed by atoms with van der Waals surface area (Å²) >= 11 is 0. The number of carboxylic acid groups (broad SMARTS) is 1. The topological polar surface area (TPSA) is 103 Å². The Morgan fingerprint density at radius 3 is 2.44 bits per heavy atom. The molecule has 3 atom stereocenters. The van der Waals surface area contributed by atoms with Crippen molar-refractivity contribution in [2.24, 2.45) is 5.73 Å². The third kappa shape index (κ3) is 3.35. The Hall–Kier alpha value is -0.665. The summed E-state index contributed by atoms with van der Waals surface area (Å²) < 4.78 is 18.2. The molecule has 3 unspecified atom stereocenters. The number of carbonyl (C=O) groups is 1. The standard InChI is InChI=1S/C17H31BN2O5/c1-14(2)15(3,4)25-18(24-14)8-5-6-12-17(19,13(21)22)10-16(23-12)7-9-20-11-16/h12,20H,5-11,19H2,1-4H3,(H,21,22). The van der Waals surface area contributed by atoms with Crippen molar-refractivity contribution in [3.63, 3.8) is 0 Å². The van der Waals surface area contributed by atoms with Gasteiger partial charge >= 0.3 is 13.1 Å². The van der Waals surface area contributed by atoms with Crippen LogP contribution in [0.25, 0.3) is 0 Å². The first kappa shape index (κ1) is 19.1. The number of rotatable bonds is 5. The van der Waals surface area contributed by atoms with Gasteiger partial charge in [-0.2, -0.15) is 0 Å². The zero-order valence-electron chi connectivity index (χ0n) is 15.8. The van der Waals surface area contributed by atoms with Gasteiger partial charge in [-0.3, -0.25) is 4.79 Å². The van der Waals surface area contributed by atoms with Gasteiger partial charge in [-0.1, -0.05) is 6.42 Å². The van der Waals surface area contributed by atoms with E-state index in [0.717, 1.165) is 19.4 Å². The van der Waals surface area contributed by atoms with E-state index < -0.39 is 23.2 Å². The van der Waals surface area contributed by atoms with Crippen LogP contribution < -0.4 is 11.1 Å². The number of hydrogen-bond donors (Lipinski definition) is 3. The number of nitrogens with one attached hydrogen (secondary N) is 1. The average Bonchev–Trinajstić information content (AvgIpc) is 3.09. The normalized spacial score (nSPS) is 39.4. The highest BCUT2D eigenvalue weighted by molar-refractivity contribution is 6.45. The van der Waals surface area contributed by atoms with Gasteiger partial charge in [0.05, 0.1) is 22.9 Å². The maximum Gasteiger partial charge on any atom is 0.457 e. The predicted molar refractivity (Wildman–Crippen MR) is 94.4 cm³/mol. The van der Waals surface area contributed by atoms with Crippen molar-refractivity contribution in [2.45, 2.75) is 88.1 Å². The molecule has 0 radical (unpaired) electrons. The van der Waals surface area contributed by atoms with E-state index >= 15 is 0 Å². The Labute approximate surface area is 150 Å². The zero-order valence-corrected chi connectivity index (χ0v) is 15.8. The Balaban J connectivity index is 1.58. The Bertz CT molecular complexity index is 519. The van der Waals surface area contributed by atoms with Crippen molar-refractivity contribution in [3.8, 4) is 0 Å². The zero-order chi connectivity index (χ0) is 18.5. The monoisotopic (exact) mass is 354 g/mol. The summed E-state index contributed by atoms with van der Waals surface area (Å²) in [6.07, 6.45) is 2.74. The number of hydrogen-bond acceptors (Lipinski definition) is 6. The van der Waals surface area contributed by atoms with Gasteiger partial charge in [0.2, 0.25) is 0 Å². The summed E-state index contributed by atoms with van der Waals surface area (Å²) in [5.41, 5.74) is 3.83. The molecule has 3 heterocycles. The van der Waals surface area contributed by atoms with E-state index in [4.69, 9.17) is 19.8 Å². The van der Waals surface area contributed by atoms with Gasteiger partial charge in [0.15, 0.2) is 0 Å². The molecule has 3 aliphatic heterocycles.